The molecule has 0 spiro atoms. The van der Waals surface area contributed by atoms with Crippen molar-refractivity contribution in [3.8, 4) is 11.7 Å². The van der Waals surface area contributed by atoms with Crippen molar-refractivity contribution in [1.82, 2.24) is 9.38 Å². The van der Waals surface area contributed by atoms with Gasteiger partial charge in [-0.15, -0.1) is 6.42 Å². The molecule has 3 aromatic rings. The van der Waals surface area contributed by atoms with Crippen molar-refractivity contribution in [2.24, 2.45) is 5.11 Å². The predicted octanol–water partition coefficient (Wildman–Crippen LogP) is 5.24. The Labute approximate surface area is 156 Å². The van der Waals surface area contributed by atoms with Gasteiger partial charge in [0.2, 0.25) is 0 Å². The molecule has 0 aliphatic heterocycles. The molecule has 0 radical (unpaired) electrons. The molecule has 2 unspecified atom stereocenters. The van der Waals surface area contributed by atoms with Gasteiger partial charge in [0.1, 0.15) is 5.65 Å². The molecule has 6 heteroatoms. The van der Waals surface area contributed by atoms with Crippen molar-refractivity contribution in [1.29, 1.82) is 0 Å². The van der Waals surface area contributed by atoms with Crippen LogP contribution in [0.3, 0.4) is 0 Å². The summed E-state index contributed by atoms with van der Waals surface area (Å²) in [5, 5.41) is 6.18. The lowest BCUT2D eigenvalue weighted by molar-refractivity contribution is 0.990. The third-order valence-electron chi connectivity index (χ3n) is 4.77. The van der Waals surface area contributed by atoms with Crippen LogP contribution in [0.4, 0.5) is 0 Å². The van der Waals surface area contributed by atoms with E-state index in [0.29, 0.717) is 11.8 Å². The van der Waals surface area contributed by atoms with Crippen molar-refractivity contribution in [2.45, 2.75) is 30.6 Å². The van der Waals surface area contributed by atoms with Crippen LogP contribution in [0.1, 0.15) is 40.6 Å². The standard InChI is InChI=1S/C20H17N5S/c1-2-26-13-14-3-5-15(6-4-14)18-9-19(18)16-7-8-20-23-17(10-22-24-21)12-25(20)11-16/h1,3-8,11-12,18-19H,9-10,13H2. The Morgan fingerprint density at radius 2 is 1.96 bits per heavy atom. The summed E-state index contributed by atoms with van der Waals surface area (Å²) in [7, 11) is 0. The molecule has 0 bridgehead atoms. The molecule has 1 aromatic carbocycles. The monoisotopic (exact) mass is 359 g/mol. The van der Waals surface area contributed by atoms with Gasteiger partial charge in [-0.3, -0.25) is 0 Å². The van der Waals surface area contributed by atoms with E-state index < -0.39 is 0 Å². The first-order valence-corrected chi connectivity index (χ1v) is 9.41. The third kappa shape index (κ3) is 3.41. The van der Waals surface area contributed by atoms with Gasteiger partial charge < -0.3 is 4.40 Å². The zero-order valence-electron chi connectivity index (χ0n) is 14.1. The van der Waals surface area contributed by atoms with Gasteiger partial charge in [0.25, 0.3) is 0 Å². The maximum Gasteiger partial charge on any atom is 0.136 e. The van der Waals surface area contributed by atoms with Gasteiger partial charge in [-0.1, -0.05) is 47.2 Å². The topological polar surface area (TPSA) is 66.1 Å². The molecular formula is C20H17N5S. The van der Waals surface area contributed by atoms with Gasteiger partial charge in [-0.05, 0) is 51.8 Å². The van der Waals surface area contributed by atoms with Gasteiger partial charge in [0.05, 0.1) is 12.2 Å². The number of benzene rings is 1. The van der Waals surface area contributed by atoms with E-state index in [1.165, 1.54) is 34.9 Å². The number of azide groups is 1. The van der Waals surface area contributed by atoms with Crippen LogP contribution in [0.15, 0.2) is 53.9 Å². The van der Waals surface area contributed by atoms with E-state index in [-0.39, 0.29) is 6.54 Å². The number of rotatable bonds is 6. The number of thioether (sulfide) groups is 1. The highest BCUT2D eigenvalue weighted by atomic mass is 32.2. The lowest BCUT2D eigenvalue weighted by Gasteiger charge is -2.04. The van der Waals surface area contributed by atoms with E-state index >= 15 is 0 Å². The van der Waals surface area contributed by atoms with E-state index in [9.17, 15) is 0 Å². The fourth-order valence-electron chi connectivity index (χ4n) is 3.38. The van der Waals surface area contributed by atoms with E-state index in [4.69, 9.17) is 12.0 Å². The summed E-state index contributed by atoms with van der Waals surface area (Å²) in [5.74, 6) is 1.99. The number of hydrogen-bond donors (Lipinski definition) is 0. The van der Waals surface area contributed by atoms with Crippen molar-refractivity contribution in [3.63, 3.8) is 0 Å². The maximum atomic E-state index is 8.44. The second-order valence-electron chi connectivity index (χ2n) is 6.45. The van der Waals surface area contributed by atoms with Crippen LogP contribution < -0.4 is 0 Å². The molecule has 2 aromatic heterocycles. The highest BCUT2D eigenvalue weighted by Gasteiger charge is 2.39. The Kier molecular flexibility index (Phi) is 4.57. The first-order chi connectivity index (χ1) is 12.8. The molecule has 1 aliphatic carbocycles. The minimum atomic E-state index is 0.282. The Balaban J connectivity index is 1.48. The predicted molar refractivity (Wildman–Crippen MR) is 105 cm³/mol. The fraction of sp³-hybridized carbons (Fsp3) is 0.250. The molecule has 5 nitrogen and oxygen atoms in total. The molecule has 0 amide bonds. The van der Waals surface area contributed by atoms with Crippen molar-refractivity contribution < 1.29 is 0 Å². The van der Waals surface area contributed by atoms with E-state index in [1.54, 1.807) is 0 Å². The largest absolute Gasteiger partial charge is 0.307 e. The Morgan fingerprint density at radius 1 is 1.19 bits per heavy atom. The zero-order chi connectivity index (χ0) is 17.9. The van der Waals surface area contributed by atoms with Crippen LogP contribution in [0, 0.1) is 11.7 Å². The van der Waals surface area contributed by atoms with Crippen LogP contribution in [0.5, 0.6) is 0 Å². The minimum Gasteiger partial charge on any atom is -0.307 e. The first-order valence-electron chi connectivity index (χ1n) is 8.43. The second kappa shape index (κ2) is 7.17. The maximum absolute atomic E-state index is 8.44. The number of pyridine rings is 1. The van der Waals surface area contributed by atoms with Crippen molar-refractivity contribution >= 4 is 17.4 Å². The van der Waals surface area contributed by atoms with Crippen molar-refractivity contribution in [2.75, 3.05) is 0 Å². The molecule has 2 heterocycles. The average molecular weight is 359 g/mol. The molecule has 1 aliphatic rings. The molecule has 1 fully saturated rings. The van der Waals surface area contributed by atoms with Gasteiger partial charge in [-0.25, -0.2) is 4.98 Å². The molecule has 128 valence electrons. The quantitative estimate of drug-likeness (QED) is 0.261. The lowest BCUT2D eigenvalue weighted by Crippen LogP contribution is -1.90. The highest BCUT2D eigenvalue weighted by molar-refractivity contribution is 8.03. The summed E-state index contributed by atoms with van der Waals surface area (Å²) >= 11 is 1.49. The Hall–Kier alpha value is -2.87. The van der Waals surface area contributed by atoms with Gasteiger partial charge in [0.15, 0.2) is 0 Å². The fourth-order valence-corrected chi connectivity index (χ4v) is 3.82. The van der Waals surface area contributed by atoms with Gasteiger partial charge in [-0.2, -0.15) is 0 Å². The number of fused-ring (bicyclic) bond motifs is 1. The molecule has 0 saturated heterocycles. The molecule has 4 rings (SSSR count). The zero-order valence-corrected chi connectivity index (χ0v) is 14.9. The summed E-state index contributed by atoms with van der Waals surface area (Å²) in [4.78, 5) is 7.25. The number of hydrogen-bond acceptors (Lipinski definition) is 3. The summed E-state index contributed by atoms with van der Waals surface area (Å²) in [6.45, 7) is 0.282. The molecule has 26 heavy (non-hydrogen) atoms. The summed E-state index contributed by atoms with van der Waals surface area (Å²) in [5.41, 5.74) is 14.1. The SMILES string of the molecule is C#CSCc1ccc(C2CC2c2ccc3nc(CN=[N+]=[N-])cn3c2)cc1. The van der Waals surface area contributed by atoms with Crippen LogP contribution >= 0.6 is 11.8 Å². The normalized spacial score (nSPS) is 18.3. The summed E-state index contributed by atoms with van der Waals surface area (Å²) < 4.78 is 2.02. The Morgan fingerprint density at radius 3 is 2.73 bits per heavy atom. The number of terminal acetylenes is 1. The number of aromatic nitrogens is 2. The smallest absolute Gasteiger partial charge is 0.136 e. The van der Waals surface area contributed by atoms with E-state index in [2.05, 4.69) is 56.8 Å². The third-order valence-corrected chi connectivity index (χ3v) is 5.41. The van der Waals surface area contributed by atoms with Crippen LogP contribution in [0.2, 0.25) is 0 Å². The van der Waals surface area contributed by atoms with Crippen LogP contribution in [-0.2, 0) is 12.3 Å². The summed E-state index contributed by atoms with van der Waals surface area (Å²) in [6.07, 6.45) is 10.5. The van der Waals surface area contributed by atoms with Crippen LogP contribution in [-0.4, -0.2) is 9.38 Å². The van der Waals surface area contributed by atoms with Crippen LogP contribution in [0.25, 0.3) is 16.1 Å². The number of nitrogens with zero attached hydrogens (tertiary/aromatic N) is 5. The Bertz CT molecular complexity index is 1020. The molecule has 0 N–H and O–H groups in total. The van der Waals surface area contributed by atoms with Gasteiger partial charge >= 0.3 is 0 Å². The second-order valence-corrected chi connectivity index (χ2v) is 7.26. The number of imidazole rings is 1. The minimum absolute atomic E-state index is 0.282. The molecule has 2 atom stereocenters. The molecular weight excluding hydrogens is 342 g/mol. The van der Waals surface area contributed by atoms with Gasteiger partial charge in [0, 0.05) is 23.1 Å². The average Bonchev–Trinajstić information content (AvgIpc) is 3.37. The van der Waals surface area contributed by atoms with E-state index in [0.717, 1.165) is 17.1 Å². The lowest BCUT2D eigenvalue weighted by atomic mass is 10.0. The summed E-state index contributed by atoms with van der Waals surface area (Å²) in [6, 6.07) is 13.0. The molecule has 1 saturated carbocycles. The van der Waals surface area contributed by atoms with E-state index in [1.807, 2.05) is 16.7 Å². The first kappa shape index (κ1) is 16.6. The van der Waals surface area contributed by atoms with Crippen molar-refractivity contribution in [3.05, 3.63) is 81.6 Å². The highest BCUT2D eigenvalue weighted by Crippen LogP contribution is 2.54.